The molecule has 2 nitrogen and oxygen atoms in total. The van der Waals surface area contributed by atoms with Gasteiger partial charge in [-0.3, -0.25) is 0 Å². The van der Waals surface area contributed by atoms with Crippen molar-refractivity contribution in [2.24, 2.45) is 5.92 Å². The summed E-state index contributed by atoms with van der Waals surface area (Å²) in [5, 5.41) is 3.48. The molecule has 1 aromatic rings. The van der Waals surface area contributed by atoms with Gasteiger partial charge in [0.05, 0.1) is 0 Å². The van der Waals surface area contributed by atoms with E-state index in [1.165, 1.54) is 25.0 Å². The Kier molecular flexibility index (Phi) is 4.91. The third kappa shape index (κ3) is 5.82. The summed E-state index contributed by atoms with van der Waals surface area (Å²) in [6.07, 6.45) is -0.149. The topological polar surface area (TPSA) is 21.3 Å². The Morgan fingerprint density at radius 2 is 1.90 bits per heavy atom. The summed E-state index contributed by atoms with van der Waals surface area (Å²) in [5.74, 6) is 0.409. The van der Waals surface area contributed by atoms with E-state index in [1.54, 1.807) is 12.1 Å². The molecule has 1 aliphatic rings. The van der Waals surface area contributed by atoms with Gasteiger partial charge in [0.2, 0.25) is 0 Å². The van der Waals surface area contributed by atoms with Gasteiger partial charge in [0, 0.05) is 6.04 Å². The first-order chi connectivity index (χ1) is 9.42. The van der Waals surface area contributed by atoms with E-state index < -0.39 is 6.36 Å². The second-order valence-electron chi connectivity index (χ2n) is 5.52. The van der Waals surface area contributed by atoms with Gasteiger partial charge >= 0.3 is 6.36 Å². The molecule has 1 fully saturated rings. The summed E-state index contributed by atoms with van der Waals surface area (Å²) in [6.45, 7) is 3.20. The Hall–Kier alpha value is -1.23. The maximum Gasteiger partial charge on any atom is 0.573 e. The predicted molar refractivity (Wildman–Crippen MR) is 71.6 cm³/mol. The Labute approximate surface area is 117 Å². The van der Waals surface area contributed by atoms with E-state index >= 15 is 0 Å². The Balaban J connectivity index is 1.72. The van der Waals surface area contributed by atoms with E-state index in [0.717, 1.165) is 31.0 Å². The fraction of sp³-hybridized carbons (Fsp3) is 0.600. The molecule has 1 atom stereocenters. The first-order valence-electron chi connectivity index (χ1n) is 7.00. The van der Waals surface area contributed by atoms with Crippen LogP contribution >= 0.6 is 0 Å². The van der Waals surface area contributed by atoms with Crippen LogP contribution in [0.1, 0.15) is 31.7 Å². The summed E-state index contributed by atoms with van der Waals surface area (Å²) in [6, 6.07) is 6.85. The molecule has 0 heterocycles. The van der Waals surface area contributed by atoms with Crippen LogP contribution in [-0.4, -0.2) is 18.9 Å². The average molecular weight is 287 g/mol. The van der Waals surface area contributed by atoms with Crippen LogP contribution in [0.2, 0.25) is 0 Å². The molecule has 0 spiro atoms. The molecule has 0 saturated heterocycles. The SMILES string of the molecule is CC(CCc1ccc(OC(F)(F)F)cc1)CNC1CC1. The van der Waals surface area contributed by atoms with Crippen LogP contribution in [0.25, 0.3) is 0 Å². The van der Waals surface area contributed by atoms with Crippen molar-refractivity contribution in [3.05, 3.63) is 29.8 Å². The van der Waals surface area contributed by atoms with Crippen molar-refractivity contribution < 1.29 is 17.9 Å². The third-order valence-electron chi connectivity index (χ3n) is 3.42. The van der Waals surface area contributed by atoms with Crippen LogP contribution in [0.3, 0.4) is 0 Å². The van der Waals surface area contributed by atoms with Gasteiger partial charge in [-0.05, 0) is 55.8 Å². The van der Waals surface area contributed by atoms with Crippen LogP contribution in [0.4, 0.5) is 13.2 Å². The first-order valence-corrected chi connectivity index (χ1v) is 7.00. The van der Waals surface area contributed by atoms with Crippen LogP contribution in [0, 0.1) is 5.92 Å². The molecular weight excluding hydrogens is 267 g/mol. The second-order valence-corrected chi connectivity index (χ2v) is 5.52. The highest BCUT2D eigenvalue weighted by Crippen LogP contribution is 2.23. The number of benzene rings is 1. The van der Waals surface area contributed by atoms with E-state index in [2.05, 4.69) is 17.0 Å². The lowest BCUT2D eigenvalue weighted by Crippen LogP contribution is -2.23. The van der Waals surface area contributed by atoms with E-state index in [-0.39, 0.29) is 5.75 Å². The quantitative estimate of drug-likeness (QED) is 0.821. The number of aryl methyl sites for hydroxylation is 1. The zero-order chi connectivity index (χ0) is 14.6. The molecular formula is C15H20F3NO. The number of halogens is 3. The Morgan fingerprint density at radius 1 is 1.25 bits per heavy atom. The Bertz CT molecular complexity index is 412. The second kappa shape index (κ2) is 6.48. The highest BCUT2D eigenvalue weighted by Gasteiger charge is 2.30. The van der Waals surface area contributed by atoms with Gasteiger partial charge in [0.1, 0.15) is 5.75 Å². The minimum Gasteiger partial charge on any atom is -0.406 e. The lowest BCUT2D eigenvalue weighted by molar-refractivity contribution is -0.274. The highest BCUT2D eigenvalue weighted by atomic mass is 19.4. The van der Waals surface area contributed by atoms with Crippen LogP contribution in [0.5, 0.6) is 5.75 Å². The van der Waals surface area contributed by atoms with Crippen molar-refractivity contribution in [1.29, 1.82) is 0 Å². The van der Waals surface area contributed by atoms with Crippen molar-refractivity contribution in [3.63, 3.8) is 0 Å². The summed E-state index contributed by atoms with van der Waals surface area (Å²) < 4.78 is 39.9. The number of rotatable bonds is 7. The zero-order valence-corrected chi connectivity index (χ0v) is 11.5. The van der Waals surface area contributed by atoms with Crippen LogP contribution in [0.15, 0.2) is 24.3 Å². The van der Waals surface area contributed by atoms with Gasteiger partial charge < -0.3 is 10.1 Å². The van der Waals surface area contributed by atoms with E-state index in [4.69, 9.17) is 0 Å². The van der Waals surface area contributed by atoms with Gasteiger partial charge in [0.15, 0.2) is 0 Å². The molecule has 1 N–H and O–H groups in total. The lowest BCUT2D eigenvalue weighted by Gasteiger charge is -2.13. The molecule has 0 bridgehead atoms. The van der Waals surface area contributed by atoms with Crippen molar-refractivity contribution in [2.75, 3.05) is 6.54 Å². The summed E-state index contributed by atoms with van der Waals surface area (Å²) in [4.78, 5) is 0. The number of hydrogen-bond acceptors (Lipinski definition) is 2. The highest BCUT2D eigenvalue weighted by molar-refractivity contribution is 5.27. The monoisotopic (exact) mass is 287 g/mol. The maximum atomic E-state index is 12.0. The normalized spacial score (nSPS) is 17.0. The van der Waals surface area contributed by atoms with Crippen LogP contribution < -0.4 is 10.1 Å². The van der Waals surface area contributed by atoms with Gasteiger partial charge in [0.25, 0.3) is 0 Å². The maximum absolute atomic E-state index is 12.0. The number of ether oxygens (including phenoxy) is 1. The molecule has 0 amide bonds. The van der Waals surface area contributed by atoms with Crippen molar-refractivity contribution in [3.8, 4) is 5.75 Å². The molecule has 20 heavy (non-hydrogen) atoms. The van der Waals surface area contributed by atoms with Gasteiger partial charge in [-0.2, -0.15) is 0 Å². The fourth-order valence-corrected chi connectivity index (χ4v) is 2.03. The standard InChI is InChI=1S/C15H20F3NO/c1-11(10-19-13-6-7-13)2-3-12-4-8-14(9-5-12)20-15(16,17)18/h4-5,8-9,11,13,19H,2-3,6-7,10H2,1H3. The minimum atomic E-state index is -4.62. The van der Waals surface area contributed by atoms with Crippen LogP contribution in [-0.2, 0) is 6.42 Å². The molecule has 0 aliphatic heterocycles. The molecule has 0 aromatic heterocycles. The Morgan fingerprint density at radius 3 is 2.45 bits per heavy atom. The summed E-state index contributed by atoms with van der Waals surface area (Å²) >= 11 is 0. The van der Waals surface area contributed by atoms with E-state index in [1.807, 2.05) is 0 Å². The molecule has 2 rings (SSSR count). The third-order valence-corrected chi connectivity index (χ3v) is 3.42. The van der Waals surface area contributed by atoms with Gasteiger partial charge in [-0.25, -0.2) is 0 Å². The number of hydrogen-bond donors (Lipinski definition) is 1. The van der Waals surface area contributed by atoms with Crippen molar-refractivity contribution in [1.82, 2.24) is 5.32 Å². The molecule has 1 aliphatic carbocycles. The minimum absolute atomic E-state index is 0.162. The largest absolute Gasteiger partial charge is 0.573 e. The fourth-order valence-electron chi connectivity index (χ4n) is 2.03. The van der Waals surface area contributed by atoms with Gasteiger partial charge in [-0.1, -0.05) is 19.1 Å². The smallest absolute Gasteiger partial charge is 0.406 e. The molecule has 1 unspecified atom stereocenters. The van der Waals surface area contributed by atoms with Crippen molar-refractivity contribution in [2.45, 2.75) is 45.0 Å². The van der Waals surface area contributed by atoms with E-state index in [9.17, 15) is 13.2 Å². The summed E-state index contributed by atoms with van der Waals surface area (Å²) in [5.41, 5.74) is 1.04. The number of nitrogens with one attached hydrogen (secondary N) is 1. The van der Waals surface area contributed by atoms with E-state index in [0.29, 0.717) is 5.92 Å². The van der Waals surface area contributed by atoms with Gasteiger partial charge in [-0.15, -0.1) is 13.2 Å². The zero-order valence-electron chi connectivity index (χ0n) is 11.5. The van der Waals surface area contributed by atoms with Crippen molar-refractivity contribution >= 4 is 0 Å². The first kappa shape index (κ1) is 15.2. The molecule has 1 saturated carbocycles. The molecule has 5 heteroatoms. The molecule has 112 valence electrons. The predicted octanol–water partition coefficient (Wildman–Crippen LogP) is 3.91. The summed E-state index contributed by atoms with van der Waals surface area (Å²) in [7, 11) is 0. The molecule has 1 aromatic carbocycles. The average Bonchev–Trinajstić information content (AvgIpc) is 3.17. The lowest BCUT2D eigenvalue weighted by atomic mass is 10.0. The molecule has 0 radical (unpaired) electrons. The number of alkyl halides is 3.